The van der Waals surface area contributed by atoms with Crippen molar-refractivity contribution in [1.29, 1.82) is 0 Å². The Bertz CT molecular complexity index is 585. The summed E-state index contributed by atoms with van der Waals surface area (Å²) in [5.74, 6) is 0. The summed E-state index contributed by atoms with van der Waals surface area (Å²) in [6, 6.07) is 9.56. The molecule has 2 aromatic rings. The van der Waals surface area contributed by atoms with Crippen molar-refractivity contribution in [2.75, 3.05) is 7.11 Å². The molecule has 1 aromatic heterocycles. The van der Waals surface area contributed by atoms with Gasteiger partial charge in [0, 0.05) is 5.56 Å². The molecule has 0 fully saturated rings. The Morgan fingerprint density at radius 2 is 1.85 bits per heavy atom. The van der Waals surface area contributed by atoms with Gasteiger partial charge in [-0.05, 0) is 12.5 Å². The summed E-state index contributed by atoms with van der Waals surface area (Å²) < 4.78 is 4.79. The molecule has 0 unspecified atom stereocenters. The number of benzene rings is 1. The van der Waals surface area contributed by atoms with Gasteiger partial charge in [-0.3, -0.25) is 4.79 Å². The SMILES string of the molecule is CC.COOSc1c(-c2ccccc2)c(C)n[nH]c1=O. The van der Waals surface area contributed by atoms with Crippen LogP contribution in [0.3, 0.4) is 0 Å². The topological polar surface area (TPSA) is 64.2 Å². The van der Waals surface area contributed by atoms with Crippen molar-refractivity contribution in [2.24, 2.45) is 0 Å². The number of aryl methyl sites for hydroxylation is 1. The molecule has 6 heteroatoms. The summed E-state index contributed by atoms with van der Waals surface area (Å²) >= 11 is 0.877. The van der Waals surface area contributed by atoms with E-state index in [-0.39, 0.29) is 5.56 Å². The van der Waals surface area contributed by atoms with Crippen LogP contribution in [0, 0.1) is 6.92 Å². The minimum Gasteiger partial charge on any atom is -0.267 e. The highest BCUT2D eigenvalue weighted by Gasteiger charge is 2.15. The molecule has 0 saturated heterocycles. The molecule has 0 saturated carbocycles. The Morgan fingerprint density at radius 3 is 2.45 bits per heavy atom. The summed E-state index contributed by atoms with van der Waals surface area (Å²) in [7, 11) is 1.39. The average Bonchev–Trinajstić information content (AvgIpc) is 2.51. The largest absolute Gasteiger partial charge is 0.280 e. The van der Waals surface area contributed by atoms with E-state index in [0.29, 0.717) is 4.90 Å². The molecule has 1 aromatic carbocycles. The van der Waals surface area contributed by atoms with E-state index in [1.165, 1.54) is 7.11 Å². The molecular weight excluding hydrogens is 276 g/mol. The van der Waals surface area contributed by atoms with Gasteiger partial charge in [-0.2, -0.15) is 9.43 Å². The maximum absolute atomic E-state index is 11.8. The van der Waals surface area contributed by atoms with Crippen LogP contribution in [0.4, 0.5) is 0 Å². The molecule has 20 heavy (non-hydrogen) atoms. The second kappa shape index (κ2) is 8.52. The number of rotatable bonds is 4. The monoisotopic (exact) mass is 294 g/mol. The average molecular weight is 294 g/mol. The molecule has 0 atom stereocenters. The van der Waals surface area contributed by atoms with Crippen LogP contribution in [-0.4, -0.2) is 17.3 Å². The lowest BCUT2D eigenvalue weighted by Crippen LogP contribution is -2.13. The number of aromatic nitrogens is 2. The first-order valence-electron chi connectivity index (χ1n) is 6.26. The van der Waals surface area contributed by atoms with Crippen LogP contribution in [0.1, 0.15) is 19.5 Å². The molecule has 0 aliphatic carbocycles. The Morgan fingerprint density at radius 1 is 1.20 bits per heavy atom. The number of nitrogens with one attached hydrogen (secondary N) is 1. The van der Waals surface area contributed by atoms with Gasteiger partial charge < -0.3 is 0 Å². The smallest absolute Gasteiger partial charge is 0.267 e. The fourth-order valence-corrected chi connectivity index (χ4v) is 2.22. The lowest BCUT2D eigenvalue weighted by molar-refractivity contribution is -0.160. The molecule has 0 spiro atoms. The van der Waals surface area contributed by atoms with Gasteiger partial charge in [0.05, 0.1) is 24.8 Å². The van der Waals surface area contributed by atoms with Crippen LogP contribution in [0.2, 0.25) is 0 Å². The normalized spacial score (nSPS) is 9.80. The predicted octanol–water partition coefficient (Wildman–Crippen LogP) is 3.36. The zero-order valence-corrected chi connectivity index (χ0v) is 12.8. The van der Waals surface area contributed by atoms with E-state index in [1.807, 2.05) is 51.1 Å². The maximum atomic E-state index is 11.8. The number of nitrogens with zero attached hydrogens (tertiary/aromatic N) is 1. The predicted molar refractivity (Wildman–Crippen MR) is 80.3 cm³/mol. The second-order valence-electron chi connectivity index (χ2n) is 3.53. The number of hydrogen-bond donors (Lipinski definition) is 1. The van der Waals surface area contributed by atoms with Crippen molar-refractivity contribution in [1.82, 2.24) is 10.2 Å². The third kappa shape index (κ3) is 3.93. The summed E-state index contributed by atoms with van der Waals surface area (Å²) in [4.78, 5) is 16.7. The number of hydrogen-bond acceptors (Lipinski definition) is 5. The van der Waals surface area contributed by atoms with Gasteiger partial charge in [0.25, 0.3) is 5.56 Å². The Balaban J connectivity index is 0.000000956. The fraction of sp³-hybridized carbons (Fsp3) is 0.286. The zero-order valence-electron chi connectivity index (χ0n) is 12.0. The quantitative estimate of drug-likeness (QED) is 0.532. The lowest BCUT2D eigenvalue weighted by Gasteiger charge is -2.09. The van der Waals surface area contributed by atoms with E-state index in [2.05, 4.69) is 15.1 Å². The van der Waals surface area contributed by atoms with Gasteiger partial charge in [-0.1, -0.05) is 44.2 Å². The summed E-state index contributed by atoms with van der Waals surface area (Å²) in [6.07, 6.45) is 0. The van der Waals surface area contributed by atoms with Crippen molar-refractivity contribution in [3.63, 3.8) is 0 Å². The van der Waals surface area contributed by atoms with Crippen molar-refractivity contribution in [2.45, 2.75) is 25.7 Å². The van der Waals surface area contributed by atoms with Crippen LogP contribution in [-0.2, 0) is 9.22 Å². The van der Waals surface area contributed by atoms with Crippen LogP contribution in [0.5, 0.6) is 0 Å². The molecule has 108 valence electrons. The number of aromatic amines is 1. The van der Waals surface area contributed by atoms with Gasteiger partial charge >= 0.3 is 0 Å². The van der Waals surface area contributed by atoms with Crippen LogP contribution >= 0.6 is 12.0 Å². The molecule has 1 heterocycles. The molecule has 0 amide bonds. The molecule has 0 aliphatic rings. The van der Waals surface area contributed by atoms with Gasteiger partial charge in [-0.25, -0.2) is 9.99 Å². The van der Waals surface area contributed by atoms with E-state index in [4.69, 9.17) is 4.33 Å². The third-order valence-corrected chi connectivity index (χ3v) is 3.13. The molecule has 0 radical (unpaired) electrons. The molecule has 5 nitrogen and oxygen atoms in total. The van der Waals surface area contributed by atoms with Crippen molar-refractivity contribution in [3.8, 4) is 11.1 Å². The Labute approximate surface area is 122 Å². The highest BCUT2D eigenvalue weighted by Crippen LogP contribution is 2.30. The van der Waals surface area contributed by atoms with E-state index < -0.39 is 0 Å². The van der Waals surface area contributed by atoms with Crippen molar-refractivity contribution < 1.29 is 9.22 Å². The molecular formula is C14H18N2O3S. The first kappa shape index (κ1) is 16.4. The number of H-pyrrole nitrogens is 1. The van der Waals surface area contributed by atoms with Gasteiger partial charge in [0.15, 0.2) is 0 Å². The third-order valence-electron chi connectivity index (χ3n) is 2.37. The summed E-state index contributed by atoms with van der Waals surface area (Å²) in [5.41, 5.74) is 2.08. The van der Waals surface area contributed by atoms with Crippen LogP contribution in [0.15, 0.2) is 40.0 Å². The van der Waals surface area contributed by atoms with E-state index in [0.717, 1.165) is 28.9 Å². The molecule has 1 N–H and O–H groups in total. The highest BCUT2D eigenvalue weighted by atomic mass is 32.2. The Kier molecular flexibility index (Phi) is 7.00. The van der Waals surface area contributed by atoms with E-state index in [9.17, 15) is 4.79 Å². The van der Waals surface area contributed by atoms with E-state index in [1.54, 1.807) is 0 Å². The first-order valence-corrected chi connectivity index (χ1v) is 7.00. The van der Waals surface area contributed by atoms with Gasteiger partial charge in [-0.15, -0.1) is 0 Å². The minimum atomic E-state index is -0.304. The van der Waals surface area contributed by atoms with Gasteiger partial charge in [0.2, 0.25) is 0 Å². The molecule has 2 rings (SSSR count). The highest BCUT2D eigenvalue weighted by molar-refractivity contribution is 7.94. The van der Waals surface area contributed by atoms with Gasteiger partial charge in [0.1, 0.15) is 4.90 Å². The standard InChI is InChI=1S/C12H12N2O3S.C2H6/c1-8-10(9-6-4-3-5-7-9)11(18-17-16-2)12(15)14-13-8;1-2/h3-7H,1-2H3,(H,14,15);1-2H3. The van der Waals surface area contributed by atoms with Crippen molar-refractivity contribution in [3.05, 3.63) is 46.4 Å². The molecule has 0 aliphatic heterocycles. The maximum Gasteiger partial charge on any atom is 0.280 e. The fourth-order valence-electron chi connectivity index (χ4n) is 1.61. The lowest BCUT2D eigenvalue weighted by atomic mass is 10.1. The summed E-state index contributed by atoms with van der Waals surface area (Å²) in [5, 5.41) is 6.40. The van der Waals surface area contributed by atoms with Crippen LogP contribution in [0.25, 0.3) is 11.1 Å². The second-order valence-corrected chi connectivity index (χ2v) is 4.24. The molecule has 0 bridgehead atoms. The zero-order chi connectivity index (χ0) is 15.0. The van der Waals surface area contributed by atoms with Crippen molar-refractivity contribution >= 4 is 12.0 Å². The Hall–Kier alpha value is -1.63. The first-order chi connectivity index (χ1) is 9.74. The summed E-state index contributed by atoms with van der Waals surface area (Å²) in [6.45, 7) is 5.83. The minimum absolute atomic E-state index is 0.304. The van der Waals surface area contributed by atoms with Crippen LogP contribution < -0.4 is 5.56 Å². The van der Waals surface area contributed by atoms with E-state index >= 15 is 0 Å².